The number of unbranched alkanes of at least 4 members (excludes halogenated alkanes) is 1. The summed E-state index contributed by atoms with van der Waals surface area (Å²) in [4.78, 5) is 2.66. The summed E-state index contributed by atoms with van der Waals surface area (Å²) in [5.74, 6) is 0.953. The minimum atomic E-state index is 0.621. The third kappa shape index (κ3) is 3.26. The molecule has 1 fully saturated rings. The molecule has 0 amide bonds. The maximum Gasteiger partial charge on any atom is 0.118 e. The van der Waals surface area contributed by atoms with Crippen LogP contribution in [0.4, 0.5) is 0 Å². The summed E-state index contributed by atoms with van der Waals surface area (Å²) in [6.07, 6.45) is 6.62. The van der Waals surface area contributed by atoms with Crippen molar-refractivity contribution in [2.75, 3.05) is 20.2 Å². The van der Waals surface area contributed by atoms with E-state index < -0.39 is 0 Å². The predicted octanol–water partition coefficient (Wildman–Crippen LogP) is 4.02. The van der Waals surface area contributed by atoms with Gasteiger partial charge in [-0.2, -0.15) is 0 Å². The van der Waals surface area contributed by atoms with Gasteiger partial charge in [-0.25, -0.2) is 0 Å². The molecule has 1 aromatic rings. The van der Waals surface area contributed by atoms with E-state index in [0.29, 0.717) is 6.04 Å². The second kappa shape index (κ2) is 6.79. The second-order valence-corrected chi connectivity index (χ2v) is 5.17. The van der Waals surface area contributed by atoms with Crippen LogP contribution in [0.15, 0.2) is 24.3 Å². The molecule has 2 heteroatoms. The highest BCUT2D eigenvalue weighted by Crippen LogP contribution is 2.31. The summed E-state index contributed by atoms with van der Waals surface area (Å²) in [5.41, 5.74) is 1.45. The van der Waals surface area contributed by atoms with Crippen molar-refractivity contribution >= 4 is 0 Å². The smallest absolute Gasteiger partial charge is 0.118 e. The lowest BCUT2D eigenvalue weighted by atomic mass is 9.95. The third-order valence-electron chi connectivity index (χ3n) is 3.91. The molecule has 0 aliphatic carbocycles. The molecule has 1 aromatic carbocycles. The van der Waals surface area contributed by atoms with Gasteiger partial charge in [-0.05, 0) is 50.0 Å². The van der Waals surface area contributed by atoms with Crippen molar-refractivity contribution in [3.05, 3.63) is 29.8 Å². The van der Waals surface area contributed by atoms with Gasteiger partial charge in [0.05, 0.1) is 7.11 Å². The van der Waals surface area contributed by atoms with E-state index in [1.807, 2.05) is 0 Å². The molecule has 0 saturated carbocycles. The van der Waals surface area contributed by atoms with Crippen LogP contribution >= 0.6 is 0 Å². The van der Waals surface area contributed by atoms with Gasteiger partial charge in [0.25, 0.3) is 0 Å². The summed E-state index contributed by atoms with van der Waals surface area (Å²) in [5, 5.41) is 0. The van der Waals surface area contributed by atoms with Gasteiger partial charge in [0.15, 0.2) is 0 Å². The predicted molar refractivity (Wildman–Crippen MR) is 76.1 cm³/mol. The van der Waals surface area contributed by atoms with E-state index in [1.54, 1.807) is 7.11 Å². The third-order valence-corrected chi connectivity index (χ3v) is 3.91. The minimum Gasteiger partial charge on any atom is -0.497 e. The first-order valence-corrected chi connectivity index (χ1v) is 7.23. The number of piperidine rings is 1. The van der Waals surface area contributed by atoms with Crippen LogP contribution in [0.2, 0.25) is 0 Å². The molecule has 1 aliphatic heterocycles. The topological polar surface area (TPSA) is 12.5 Å². The molecule has 2 rings (SSSR count). The van der Waals surface area contributed by atoms with Gasteiger partial charge in [0, 0.05) is 6.04 Å². The molecule has 1 aliphatic rings. The number of rotatable bonds is 5. The molecule has 1 atom stereocenters. The van der Waals surface area contributed by atoms with Crippen molar-refractivity contribution in [3.8, 4) is 5.75 Å². The van der Waals surface area contributed by atoms with Gasteiger partial charge in [0.2, 0.25) is 0 Å². The van der Waals surface area contributed by atoms with Crippen molar-refractivity contribution < 1.29 is 4.74 Å². The largest absolute Gasteiger partial charge is 0.497 e. The summed E-state index contributed by atoms with van der Waals surface area (Å²) in [6, 6.07) is 9.25. The SMILES string of the molecule is CCCCN1CCCC[C@@H]1c1ccc(OC)cc1. The standard InChI is InChI=1S/C16H25NO/c1-3-4-12-17-13-6-5-7-16(17)14-8-10-15(18-2)11-9-14/h8-11,16H,3-7,12-13H2,1-2H3/t16-/m1/s1. The van der Waals surface area contributed by atoms with Crippen molar-refractivity contribution in [2.45, 2.75) is 45.1 Å². The molecule has 0 bridgehead atoms. The number of hydrogen-bond acceptors (Lipinski definition) is 2. The Hall–Kier alpha value is -1.02. The van der Waals surface area contributed by atoms with E-state index in [4.69, 9.17) is 4.74 Å². The zero-order valence-electron chi connectivity index (χ0n) is 11.7. The molecule has 1 saturated heterocycles. The zero-order valence-corrected chi connectivity index (χ0v) is 11.7. The van der Waals surface area contributed by atoms with Crippen LogP contribution in [0.1, 0.15) is 50.6 Å². The molecule has 0 radical (unpaired) electrons. The first-order chi connectivity index (χ1) is 8.85. The Bertz CT molecular complexity index is 347. The normalized spacial score (nSPS) is 20.9. The lowest BCUT2D eigenvalue weighted by Crippen LogP contribution is -2.34. The average Bonchev–Trinajstić information content (AvgIpc) is 2.45. The van der Waals surface area contributed by atoms with E-state index >= 15 is 0 Å². The fourth-order valence-electron chi connectivity index (χ4n) is 2.82. The number of likely N-dealkylation sites (tertiary alicyclic amines) is 1. The second-order valence-electron chi connectivity index (χ2n) is 5.17. The average molecular weight is 247 g/mol. The van der Waals surface area contributed by atoms with Crippen molar-refractivity contribution in [2.24, 2.45) is 0 Å². The first kappa shape index (κ1) is 13.4. The number of benzene rings is 1. The van der Waals surface area contributed by atoms with Gasteiger partial charge in [-0.3, -0.25) is 4.90 Å². The molecular weight excluding hydrogens is 222 g/mol. The lowest BCUT2D eigenvalue weighted by Gasteiger charge is -2.36. The highest BCUT2D eigenvalue weighted by Gasteiger charge is 2.23. The zero-order chi connectivity index (χ0) is 12.8. The van der Waals surface area contributed by atoms with Gasteiger partial charge in [0.1, 0.15) is 5.75 Å². The van der Waals surface area contributed by atoms with Gasteiger partial charge < -0.3 is 4.74 Å². The summed E-state index contributed by atoms with van der Waals surface area (Å²) in [7, 11) is 1.73. The van der Waals surface area contributed by atoms with E-state index in [1.165, 1.54) is 50.8 Å². The number of hydrogen-bond donors (Lipinski definition) is 0. The van der Waals surface area contributed by atoms with E-state index in [0.717, 1.165) is 5.75 Å². The Morgan fingerprint density at radius 3 is 2.67 bits per heavy atom. The monoisotopic (exact) mass is 247 g/mol. The quantitative estimate of drug-likeness (QED) is 0.779. The van der Waals surface area contributed by atoms with Crippen molar-refractivity contribution in [3.63, 3.8) is 0 Å². The lowest BCUT2D eigenvalue weighted by molar-refractivity contribution is 0.146. The van der Waals surface area contributed by atoms with Gasteiger partial charge in [-0.15, -0.1) is 0 Å². The molecule has 18 heavy (non-hydrogen) atoms. The fraction of sp³-hybridized carbons (Fsp3) is 0.625. The van der Waals surface area contributed by atoms with Crippen molar-refractivity contribution in [1.82, 2.24) is 4.90 Å². The van der Waals surface area contributed by atoms with E-state index in [2.05, 4.69) is 36.1 Å². The Labute approximate surface area is 111 Å². The first-order valence-electron chi connectivity index (χ1n) is 7.23. The molecule has 100 valence electrons. The maximum atomic E-state index is 5.23. The van der Waals surface area contributed by atoms with Gasteiger partial charge >= 0.3 is 0 Å². The molecule has 0 unspecified atom stereocenters. The molecule has 0 spiro atoms. The van der Waals surface area contributed by atoms with Crippen LogP contribution in [0, 0.1) is 0 Å². The van der Waals surface area contributed by atoms with Crippen LogP contribution in [-0.4, -0.2) is 25.1 Å². The van der Waals surface area contributed by atoms with Crippen molar-refractivity contribution in [1.29, 1.82) is 0 Å². The van der Waals surface area contributed by atoms with Crippen LogP contribution in [0.5, 0.6) is 5.75 Å². The van der Waals surface area contributed by atoms with Crippen LogP contribution < -0.4 is 4.74 Å². The summed E-state index contributed by atoms with van der Waals surface area (Å²) in [6.45, 7) is 4.77. The molecular formula is C16H25NO. The summed E-state index contributed by atoms with van der Waals surface area (Å²) < 4.78 is 5.23. The Morgan fingerprint density at radius 1 is 1.22 bits per heavy atom. The number of ether oxygens (including phenoxy) is 1. The number of methoxy groups -OCH3 is 1. The molecule has 2 nitrogen and oxygen atoms in total. The van der Waals surface area contributed by atoms with Crippen LogP contribution in [-0.2, 0) is 0 Å². The van der Waals surface area contributed by atoms with E-state index in [-0.39, 0.29) is 0 Å². The highest BCUT2D eigenvalue weighted by molar-refractivity contribution is 5.29. The fourth-order valence-corrected chi connectivity index (χ4v) is 2.82. The Balaban J connectivity index is 2.06. The molecule has 0 N–H and O–H groups in total. The van der Waals surface area contributed by atoms with Crippen LogP contribution in [0.25, 0.3) is 0 Å². The minimum absolute atomic E-state index is 0.621. The molecule has 1 heterocycles. The highest BCUT2D eigenvalue weighted by atomic mass is 16.5. The molecule has 0 aromatic heterocycles. The maximum absolute atomic E-state index is 5.23. The Kier molecular flexibility index (Phi) is 5.06. The number of nitrogens with zero attached hydrogens (tertiary/aromatic N) is 1. The Morgan fingerprint density at radius 2 is 2.00 bits per heavy atom. The van der Waals surface area contributed by atoms with Gasteiger partial charge in [-0.1, -0.05) is 31.9 Å². The van der Waals surface area contributed by atoms with E-state index in [9.17, 15) is 0 Å². The summed E-state index contributed by atoms with van der Waals surface area (Å²) >= 11 is 0. The van der Waals surface area contributed by atoms with Crippen LogP contribution in [0.3, 0.4) is 0 Å².